The summed E-state index contributed by atoms with van der Waals surface area (Å²) in [6.45, 7) is 0.203. The van der Waals surface area contributed by atoms with Gasteiger partial charge in [0.25, 0.3) is 0 Å². The molecule has 108 valence electrons. The van der Waals surface area contributed by atoms with E-state index in [0.717, 1.165) is 17.7 Å². The molecule has 0 aliphatic heterocycles. The molecule has 0 atom stereocenters. The number of hydrogen-bond acceptors (Lipinski definition) is 4. The number of nitrogens with one attached hydrogen (secondary N) is 1. The highest BCUT2D eigenvalue weighted by Crippen LogP contribution is 2.25. The third-order valence-corrected chi connectivity index (χ3v) is 5.52. The van der Waals surface area contributed by atoms with Crippen molar-refractivity contribution in [3.63, 3.8) is 0 Å². The molecule has 0 fully saturated rings. The maximum absolute atomic E-state index is 13.7. The van der Waals surface area contributed by atoms with Crippen LogP contribution >= 0.6 is 27.3 Å². The lowest BCUT2D eigenvalue weighted by Crippen LogP contribution is -2.26. The summed E-state index contributed by atoms with van der Waals surface area (Å²) < 4.78 is 40.5. The molecule has 1 heterocycles. The molecule has 0 saturated heterocycles. The predicted octanol–water partition coefficient (Wildman–Crippen LogP) is 2.75. The van der Waals surface area contributed by atoms with Gasteiger partial charge >= 0.3 is 0 Å². The summed E-state index contributed by atoms with van der Waals surface area (Å²) in [6.07, 6.45) is 0.552. The van der Waals surface area contributed by atoms with Gasteiger partial charge in [-0.05, 0) is 56.9 Å². The van der Waals surface area contributed by atoms with Gasteiger partial charge in [0, 0.05) is 16.7 Å². The maximum Gasteiger partial charge on any atom is 0.243 e. The average molecular weight is 379 g/mol. The van der Waals surface area contributed by atoms with E-state index in [1.807, 2.05) is 16.8 Å². The predicted molar refractivity (Wildman–Crippen MR) is 81.7 cm³/mol. The van der Waals surface area contributed by atoms with E-state index in [2.05, 4.69) is 20.7 Å². The Morgan fingerprint density at radius 1 is 1.40 bits per heavy atom. The van der Waals surface area contributed by atoms with Crippen molar-refractivity contribution in [3.05, 3.63) is 44.8 Å². The van der Waals surface area contributed by atoms with Crippen molar-refractivity contribution in [2.75, 3.05) is 12.3 Å². The van der Waals surface area contributed by atoms with Crippen molar-refractivity contribution in [2.24, 2.45) is 0 Å². The molecule has 0 aliphatic carbocycles. The second-order valence-electron chi connectivity index (χ2n) is 4.08. The fourth-order valence-corrected chi connectivity index (χ4v) is 3.74. The molecule has 0 aliphatic rings. The molecule has 1 aromatic heterocycles. The van der Waals surface area contributed by atoms with Crippen molar-refractivity contribution < 1.29 is 12.8 Å². The van der Waals surface area contributed by atoms with Gasteiger partial charge in [-0.3, -0.25) is 0 Å². The molecule has 0 radical (unpaired) electrons. The van der Waals surface area contributed by atoms with E-state index in [9.17, 15) is 12.8 Å². The smallest absolute Gasteiger partial charge is 0.243 e. The van der Waals surface area contributed by atoms with Gasteiger partial charge in [-0.15, -0.1) is 0 Å². The van der Waals surface area contributed by atoms with Gasteiger partial charge in [-0.1, -0.05) is 0 Å². The normalized spacial score (nSPS) is 11.7. The summed E-state index contributed by atoms with van der Waals surface area (Å²) >= 11 is 4.59. The number of hydrogen-bond donors (Lipinski definition) is 2. The van der Waals surface area contributed by atoms with Crippen LogP contribution in [0.2, 0.25) is 0 Å². The van der Waals surface area contributed by atoms with Gasteiger partial charge in [0.2, 0.25) is 10.0 Å². The Morgan fingerprint density at radius 3 is 2.80 bits per heavy atom. The lowest BCUT2D eigenvalue weighted by Gasteiger charge is -2.09. The average Bonchev–Trinajstić information content (AvgIpc) is 2.86. The van der Waals surface area contributed by atoms with Crippen LogP contribution in [-0.4, -0.2) is 15.0 Å². The number of thiophene rings is 1. The van der Waals surface area contributed by atoms with Crippen molar-refractivity contribution in [3.8, 4) is 0 Å². The van der Waals surface area contributed by atoms with E-state index in [-0.39, 0.29) is 12.2 Å². The Bertz CT molecular complexity index is 702. The summed E-state index contributed by atoms with van der Waals surface area (Å²) in [4.78, 5) is -0.441. The number of halogens is 2. The molecule has 2 rings (SSSR count). The molecule has 4 nitrogen and oxygen atoms in total. The Balaban J connectivity index is 2.12. The summed E-state index contributed by atoms with van der Waals surface area (Å²) in [6, 6.07) is 4.06. The van der Waals surface area contributed by atoms with Crippen LogP contribution in [0, 0.1) is 5.82 Å². The Labute approximate surface area is 129 Å². The monoisotopic (exact) mass is 378 g/mol. The molecule has 1 aromatic carbocycles. The quantitative estimate of drug-likeness (QED) is 0.785. The van der Waals surface area contributed by atoms with Crippen LogP contribution in [0.4, 0.5) is 10.1 Å². The van der Waals surface area contributed by atoms with Crippen molar-refractivity contribution >= 4 is 43.0 Å². The summed E-state index contributed by atoms with van der Waals surface area (Å²) in [5.41, 5.74) is 6.79. The minimum atomic E-state index is -3.91. The standard InChI is InChI=1S/C12H12BrFN2O2S2/c13-9-5-10(14)12(6-11(9)15)20(17,18)16-3-1-8-2-4-19-7-8/h2,4-7,16H,1,3,15H2. The number of benzene rings is 1. The summed E-state index contributed by atoms with van der Waals surface area (Å²) in [7, 11) is -3.91. The third kappa shape index (κ3) is 3.57. The first-order chi connectivity index (χ1) is 9.40. The molecule has 0 spiro atoms. The van der Waals surface area contributed by atoms with Crippen molar-refractivity contribution in [1.82, 2.24) is 4.72 Å². The van der Waals surface area contributed by atoms with E-state index in [4.69, 9.17) is 5.73 Å². The van der Waals surface area contributed by atoms with Gasteiger partial charge < -0.3 is 5.73 Å². The molecule has 0 bridgehead atoms. The van der Waals surface area contributed by atoms with E-state index < -0.39 is 20.7 Å². The summed E-state index contributed by atoms with van der Waals surface area (Å²) in [5, 5.41) is 3.85. The Morgan fingerprint density at radius 2 is 2.15 bits per heavy atom. The zero-order valence-electron chi connectivity index (χ0n) is 10.3. The number of anilines is 1. The molecular weight excluding hydrogens is 367 g/mol. The lowest BCUT2D eigenvalue weighted by atomic mass is 10.2. The van der Waals surface area contributed by atoms with E-state index in [0.29, 0.717) is 10.9 Å². The Kier molecular flexibility index (Phi) is 4.79. The number of sulfonamides is 1. The van der Waals surface area contributed by atoms with Crippen molar-refractivity contribution in [2.45, 2.75) is 11.3 Å². The molecule has 8 heteroatoms. The van der Waals surface area contributed by atoms with Crippen LogP contribution in [-0.2, 0) is 16.4 Å². The highest BCUT2D eigenvalue weighted by Gasteiger charge is 2.20. The number of nitrogens with two attached hydrogens (primary N) is 1. The summed E-state index contributed by atoms with van der Waals surface area (Å²) in [5.74, 6) is -0.839. The minimum absolute atomic E-state index is 0.171. The molecule has 3 N–H and O–H groups in total. The molecular formula is C12H12BrFN2O2S2. The Hall–Kier alpha value is -0.960. The van der Waals surface area contributed by atoms with Gasteiger partial charge in [0.05, 0.1) is 0 Å². The van der Waals surface area contributed by atoms with Crippen LogP contribution in [0.3, 0.4) is 0 Å². The fourth-order valence-electron chi connectivity index (χ4n) is 1.59. The highest BCUT2D eigenvalue weighted by atomic mass is 79.9. The highest BCUT2D eigenvalue weighted by molar-refractivity contribution is 9.10. The van der Waals surface area contributed by atoms with E-state index in [1.54, 1.807) is 11.3 Å². The first-order valence-corrected chi connectivity index (χ1v) is 8.87. The largest absolute Gasteiger partial charge is 0.398 e. The molecule has 0 unspecified atom stereocenters. The first kappa shape index (κ1) is 15.4. The van der Waals surface area contributed by atoms with Crippen LogP contribution in [0.15, 0.2) is 38.3 Å². The minimum Gasteiger partial charge on any atom is -0.398 e. The van der Waals surface area contributed by atoms with Crippen LogP contribution in [0.25, 0.3) is 0 Å². The van der Waals surface area contributed by atoms with Gasteiger partial charge in [-0.25, -0.2) is 17.5 Å². The van der Waals surface area contributed by atoms with Gasteiger partial charge in [0.1, 0.15) is 10.7 Å². The lowest BCUT2D eigenvalue weighted by molar-refractivity contribution is 0.557. The molecule has 0 amide bonds. The maximum atomic E-state index is 13.7. The second kappa shape index (κ2) is 6.21. The topological polar surface area (TPSA) is 72.2 Å². The number of rotatable bonds is 5. The van der Waals surface area contributed by atoms with Crippen LogP contribution in [0.5, 0.6) is 0 Å². The zero-order chi connectivity index (χ0) is 14.8. The zero-order valence-corrected chi connectivity index (χ0v) is 13.5. The number of nitrogen functional groups attached to an aromatic ring is 1. The molecule has 20 heavy (non-hydrogen) atoms. The van der Waals surface area contributed by atoms with Gasteiger partial charge in [0.15, 0.2) is 0 Å². The first-order valence-electron chi connectivity index (χ1n) is 5.65. The molecule has 2 aromatic rings. The van der Waals surface area contributed by atoms with Crippen LogP contribution < -0.4 is 10.5 Å². The van der Waals surface area contributed by atoms with Crippen LogP contribution in [0.1, 0.15) is 5.56 Å². The van der Waals surface area contributed by atoms with Gasteiger partial charge in [-0.2, -0.15) is 11.3 Å². The van der Waals surface area contributed by atoms with Crippen molar-refractivity contribution in [1.29, 1.82) is 0 Å². The molecule has 0 saturated carbocycles. The SMILES string of the molecule is Nc1cc(S(=O)(=O)NCCc2ccsc2)c(F)cc1Br. The van der Waals surface area contributed by atoms with E-state index >= 15 is 0 Å². The second-order valence-corrected chi connectivity index (χ2v) is 7.45. The third-order valence-electron chi connectivity index (χ3n) is 2.63. The fraction of sp³-hybridized carbons (Fsp3) is 0.167. The van der Waals surface area contributed by atoms with E-state index in [1.165, 1.54) is 0 Å².